The molecular weight excluding hydrogens is 196 g/mol. The van der Waals surface area contributed by atoms with E-state index in [1.807, 2.05) is 0 Å². The Morgan fingerprint density at radius 3 is 2.33 bits per heavy atom. The molecule has 86 valence electrons. The molecule has 1 aliphatic rings. The van der Waals surface area contributed by atoms with Crippen LogP contribution in [0.4, 0.5) is 0 Å². The second kappa shape index (κ2) is 3.59. The van der Waals surface area contributed by atoms with Crippen LogP contribution in [0.1, 0.15) is 40.5 Å². The summed E-state index contributed by atoms with van der Waals surface area (Å²) in [4.78, 5) is 22.6. The van der Waals surface area contributed by atoms with Crippen molar-refractivity contribution in [1.82, 2.24) is 0 Å². The van der Waals surface area contributed by atoms with Crippen LogP contribution in [0.2, 0.25) is 0 Å². The minimum Gasteiger partial charge on any atom is -0.462 e. The van der Waals surface area contributed by atoms with Gasteiger partial charge in [-0.25, -0.2) is 0 Å². The largest absolute Gasteiger partial charge is 0.462 e. The maximum atomic E-state index is 11.8. The van der Waals surface area contributed by atoms with Crippen molar-refractivity contribution in [2.24, 2.45) is 5.41 Å². The number of ketones is 1. The molecule has 0 radical (unpaired) electrons. The lowest BCUT2D eigenvalue weighted by Gasteiger charge is -2.41. The summed E-state index contributed by atoms with van der Waals surface area (Å²) in [6, 6.07) is 0. The number of carbonyl (C=O) groups excluding carboxylic acids is 2. The van der Waals surface area contributed by atoms with E-state index in [1.165, 1.54) is 13.8 Å². The van der Waals surface area contributed by atoms with Gasteiger partial charge < -0.3 is 9.84 Å². The fraction of sp³-hybridized carbons (Fsp3) is 0.818. The quantitative estimate of drug-likeness (QED) is 0.663. The van der Waals surface area contributed by atoms with E-state index < -0.39 is 11.0 Å². The minimum absolute atomic E-state index is 0.182. The van der Waals surface area contributed by atoms with Gasteiger partial charge in [-0.3, -0.25) is 9.59 Å². The molecule has 0 aromatic rings. The van der Waals surface area contributed by atoms with Crippen molar-refractivity contribution < 1.29 is 19.4 Å². The van der Waals surface area contributed by atoms with Gasteiger partial charge in [-0.05, 0) is 13.3 Å². The highest BCUT2D eigenvalue weighted by Crippen LogP contribution is 2.38. The zero-order chi connectivity index (χ0) is 11.9. The van der Waals surface area contributed by atoms with Gasteiger partial charge in [-0.2, -0.15) is 0 Å². The normalized spacial score (nSPS) is 35.0. The molecule has 4 heteroatoms. The van der Waals surface area contributed by atoms with E-state index in [0.717, 1.165) is 0 Å². The number of hydrogen-bond acceptors (Lipinski definition) is 4. The van der Waals surface area contributed by atoms with Crippen molar-refractivity contribution >= 4 is 11.8 Å². The maximum Gasteiger partial charge on any atom is 0.302 e. The molecule has 0 spiro atoms. The fourth-order valence-electron chi connectivity index (χ4n) is 2.32. The summed E-state index contributed by atoms with van der Waals surface area (Å²) in [5.74, 6) is -0.556. The van der Waals surface area contributed by atoms with Crippen molar-refractivity contribution in [3.05, 3.63) is 0 Å². The molecular formula is C11H18O4. The van der Waals surface area contributed by atoms with Gasteiger partial charge in [0.05, 0.1) is 0 Å². The lowest BCUT2D eigenvalue weighted by atomic mass is 9.68. The molecule has 0 aromatic heterocycles. The lowest BCUT2D eigenvalue weighted by molar-refractivity contribution is -0.168. The van der Waals surface area contributed by atoms with E-state index in [1.54, 1.807) is 13.8 Å². The van der Waals surface area contributed by atoms with Crippen LogP contribution in [0.15, 0.2) is 0 Å². The first-order valence-electron chi connectivity index (χ1n) is 5.10. The first-order valence-corrected chi connectivity index (χ1v) is 5.10. The van der Waals surface area contributed by atoms with Crippen LogP contribution in [0, 0.1) is 5.41 Å². The fourth-order valence-corrected chi connectivity index (χ4v) is 2.32. The molecule has 1 aliphatic carbocycles. The summed E-state index contributed by atoms with van der Waals surface area (Å²) in [5.41, 5.74) is -2.02. The van der Waals surface area contributed by atoms with E-state index in [0.29, 0.717) is 6.42 Å². The second-order valence-electron chi connectivity index (χ2n) is 5.13. The molecule has 0 aliphatic heterocycles. The first-order chi connectivity index (χ1) is 6.65. The van der Waals surface area contributed by atoms with Crippen molar-refractivity contribution in [3.63, 3.8) is 0 Å². The molecule has 2 unspecified atom stereocenters. The second-order valence-corrected chi connectivity index (χ2v) is 5.13. The number of hydrogen-bond donors (Lipinski definition) is 1. The Balaban J connectivity index is 2.84. The number of Topliss-reactive ketones (excluding diaryl/α,β-unsaturated/α-hetero) is 1. The average Bonchev–Trinajstić information content (AvgIpc) is 1.97. The Kier molecular flexibility index (Phi) is 2.92. The van der Waals surface area contributed by atoms with Crippen LogP contribution < -0.4 is 0 Å². The van der Waals surface area contributed by atoms with Gasteiger partial charge >= 0.3 is 5.97 Å². The smallest absolute Gasteiger partial charge is 0.302 e. The van der Waals surface area contributed by atoms with Crippen LogP contribution in [0.25, 0.3) is 0 Å². The standard InChI is InChI=1S/C11H18O4/c1-7(12)15-8-5-10(2,3)9(13)11(4,14)6-8/h8,14H,5-6H2,1-4H3. The Hall–Kier alpha value is -0.900. The average molecular weight is 214 g/mol. The van der Waals surface area contributed by atoms with Gasteiger partial charge in [0.15, 0.2) is 5.78 Å². The van der Waals surface area contributed by atoms with Gasteiger partial charge in [0.2, 0.25) is 0 Å². The minimum atomic E-state index is -1.39. The predicted molar refractivity (Wildman–Crippen MR) is 54.2 cm³/mol. The Labute approximate surface area is 89.6 Å². The molecule has 0 aromatic carbocycles. The zero-order valence-electron chi connectivity index (χ0n) is 9.66. The third kappa shape index (κ3) is 2.56. The molecule has 1 fully saturated rings. The van der Waals surface area contributed by atoms with Crippen LogP contribution >= 0.6 is 0 Å². The summed E-state index contributed by atoms with van der Waals surface area (Å²) in [6.45, 7) is 6.34. The summed E-state index contributed by atoms with van der Waals surface area (Å²) < 4.78 is 5.06. The summed E-state index contributed by atoms with van der Waals surface area (Å²) in [5, 5.41) is 9.92. The van der Waals surface area contributed by atoms with E-state index in [4.69, 9.17) is 4.74 Å². The van der Waals surface area contributed by atoms with Gasteiger partial charge in [-0.1, -0.05) is 13.8 Å². The van der Waals surface area contributed by atoms with Crippen LogP contribution in [0.5, 0.6) is 0 Å². The maximum absolute atomic E-state index is 11.8. The van der Waals surface area contributed by atoms with E-state index in [9.17, 15) is 14.7 Å². The molecule has 0 heterocycles. The van der Waals surface area contributed by atoms with Gasteiger partial charge in [0, 0.05) is 18.8 Å². The number of aliphatic hydroxyl groups is 1. The van der Waals surface area contributed by atoms with Crippen LogP contribution in [-0.2, 0) is 14.3 Å². The van der Waals surface area contributed by atoms with Crippen LogP contribution in [0.3, 0.4) is 0 Å². The van der Waals surface area contributed by atoms with Crippen molar-refractivity contribution in [1.29, 1.82) is 0 Å². The first kappa shape index (κ1) is 12.2. The Bertz CT molecular complexity index is 271. The molecule has 1 saturated carbocycles. The van der Waals surface area contributed by atoms with E-state index in [-0.39, 0.29) is 24.3 Å². The predicted octanol–water partition coefficient (Wildman–Crippen LogP) is 1.06. The highest BCUT2D eigenvalue weighted by Gasteiger charge is 2.49. The highest BCUT2D eigenvalue weighted by molar-refractivity contribution is 5.92. The van der Waals surface area contributed by atoms with E-state index >= 15 is 0 Å². The molecule has 2 atom stereocenters. The monoisotopic (exact) mass is 214 g/mol. The molecule has 15 heavy (non-hydrogen) atoms. The molecule has 1 rings (SSSR count). The summed E-state index contributed by atoms with van der Waals surface area (Å²) >= 11 is 0. The topological polar surface area (TPSA) is 63.6 Å². The van der Waals surface area contributed by atoms with Gasteiger partial charge in [-0.15, -0.1) is 0 Å². The lowest BCUT2D eigenvalue weighted by Crippen LogP contribution is -2.53. The third-order valence-corrected chi connectivity index (χ3v) is 2.80. The highest BCUT2D eigenvalue weighted by atomic mass is 16.5. The Morgan fingerprint density at radius 1 is 1.40 bits per heavy atom. The molecule has 0 amide bonds. The number of rotatable bonds is 1. The molecule has 1 N–H and O–H groups in total. The Morgan fingerprint density at radius 2 is 1.93 bits per heavy atom. The molecule has 0 bridgehead atoms. The van der Waals surface area contributed by atoms with Gasteiger partial charge in [0.25, 0.3) is 0 Å². The van der Waals surface area contributed by atoms with Crippen molar-refractivity contribution in [2.45, 2.75) is 52.2 Å². The summed E-state index contributed by atoms with van der Waals surface area (Å²) in [6.07, 6.45) is 0.293. The molecule has 4 nitrogen and oxygen atoms in total. The van der Waals surface area contributed by atoms with Crippen molar-refractivity contribution in [3.8, 4) is 0 Å². The number of esters is 1. The van der Waals surface area contributed by atoms with E-state index in [2.05, 4.69) is 0 Å². The zero-order valence-corrected chi connectivity index (χ0v) is 9.66. The van der Waals surface area contributed by atoms with Gasteiger partial charge in [0.1, 0.15) is 11.7 Å². The number of ether oxygens (including phenoxy) is 1. The number of carbonyl (C=O) groups is 2. The summed E-state index contributed by atoms with van der Waals surface area (Å²) in [7, 11) is 0. The SMILES string of the molecule is CC(=O)OC1CC(C)(C)C(=O)C(C)(O)C1. The van der Waals surface area contributed by atoms with Crippen molar-refractivity contribution in [2.75, 3.05) is 0 Å². The molecule has 0 saturated heterocycles. The van der Waals surface area contributed by atoms with Crippen LogP contribution in [-0.4, -0.2) is 28.6 Å². The third-order valence-electron chi connectivity index (χ3n) is 2.80.